The third-order valence-electron chi connectivity index (χ3n) is 5.97. The largest absolute Gasteiger partial charge is 0.422 e. The zero-order valence-electron chi connectivity index (χ0n) is 17.3. The summed E-state index contributed by atoms with van der Waals surface area (Å²) in [5.74, 6) is 0.770. The number of hydrogen-bond acceptors (Lipinski definition) is 6. The van der Waals surface area contributed by atoms with Crippen molar-refractivity contribution in [3.05, 3.63) is 47.7 Å². The van der Waals surface area contributed by atoms with Crippen LogP contribution in [0.3, 0.4) is 0 Å². The topological polar surface area (TPSA) is 88.8 Å². The van der Waals surface area contributed by atoms with Crippen molar-refractivity contribution in [3.8, 4) is 0 Å². The summed E-state index contributed by atoms with van der Waals surface area (Å²) in [6, 6.07) is 10.0. The van der Waals surface area contributed by atoms with Crippen LogP contribution in [0.4, 0.5) is 0 Å². The molecule has 1 aromatic carbocycles. The zero-order valence-corrected chi connectivity index (χ0v) is 17.3. The van der Waals surface area contributed by atoms with Gasteiger partial charge in [-0.3, -0.25) is 9.59 Å². The van der Waals surface area contributed by atoms with Gasteiger partial charge < -0.3 is 19.0 Å². The van der Waals surface area contributed by atoms with Crippen LogP contribution in [0.5, 0.6) is 0 Å². The van der Waals surface area contributed by atoms with E-state index in [1.54, 1.807) is 12.0 Å². The monoisotopic (exact) mass is 412 g/mol. The van der Waals surface area contributed by atoms with E-state index in [2.05, 4.69) is 10.2 Å². The minimum atomic E-state index is -0.440. The van der Waals surface area contributed by atoms with Gasteiger partial charge in [-0.2, -0.15) is 0 Å². The minimum absolute atomic E-state index is 0.0551. The molecule has 0 spiro atoms. The van der Waals surface area contributed by atoms with Crippen LogP contribution in [0.1, 0.15) is 55.6 Å². The van der Waals surface area contributed by atoms with Gasteiger partial charge in [-0.05, 0) is 18.4 Å². The Morgan fingerprint density at radius 2 is 1.97 bits per heavy atom. The Morgan fingerprint density at radius 3 is 2.67 bits per heavy atom. The molecule has 2 heterocycles. The van der Waals surface area contributed by atoms with Crippen molar-refractivity contribution in [1.29, 1.82) is 0 Å². The van der Waals surface area contributed by atoms with E-state index >= 15 is 0 Å². The molecule has 1 aliphatic heterocycles. The third kappa shape index (κ3) is 4.53. The van der Waals surface area contributed by atoms with E-state index in [1.165, 1.54) is 12.8 Å². The Bertz CT molecular complexity index is 863. The zero-order chi connectivity index (χ0) is 20.9. The molecule has 2 fully saturated rings. The first kappa shape index (κ1) is 20.5. The van der Waals surface area contributed by atoms with E-state index in [0.29, 0.717) is 37.3 Å². The number of nitrogens with zero attached hydrogens (tertiary/aromatic N) is 4. The maximum atomic E-state index is 12.6. The predicted molar refractivity (Wildman–Crippen MR) is 108 cm³/mol. The van der Waals surface area contributed by atoms with Crippen molar-refractivity contribution in [2.24, 2.45) is 0 Å². The van der Waals surface area contributed by atoms with Gasteiger partial charge in [-0.25, -0.2) is 0 Å². The number of aromatic nitrogens is 2. The molecule has 0 N–H and O–H groups in total. The maximum absolute atomic E-state index is 12.6. The molecule has 8 heteroatoms. The SMILES string of the molecule is COC(c1ccccc1)c1nnc(CCC(=O)N2CCN(C3CCCC3)C(=O)C2)o1. The van der Waals surface area contributed by atoms with Crippen LogP contribution in [0.25, 0.3) is 0 Å². The van der Waals surface area contributed by atoms with E-state index in [9.17, 15) is 9.59 Å². The summed E-state index contributed by atoms with van der Waals surface area (Å²) in [5, 5.41) is 8.16. The highest BCUT2D eigenvalue weighted by molar-refractivity contribution is 5.86. The molecule has 0 radical (unpaired) electrons. The average molecular weight is 412 g/mol. The molecule has 4 rings (SSSR count). The van der Waals surface area contributed by atoms with Gasteiger partial charge in [0.05, 0.1) is 6.54 Å². The highest BCUT2D eigenvalue weighted by Gasteiger charge is 2.32. The number of carbonyl (C=O) groups is 2. The molecule has 1 saturated carbocycles. The Morgan fingerprint density at radius 1 is 1.20 bits per heavy atom. The number of hydrogen-bond donors (Lipinski definition) is 0. The summed E-state index contributed by atoms with van der Waals surface area (Å²) in [6.07, 6.45) is 4.70. The van der Waals surface area contributed by atoms with E-state index in [-0.39, 0.29) is 24.8 Å². The molecule has 2 aliphatic rings. The van der Waals surface area contributed by atoms with Crippen LogP contribution in [-0.2, 0) is 20.7 Å². The van der Waals surface area contributed by atoms with Crippen LogP contribution in [0, 0.1) is 0 Å². The van der Waals surface area contributed by atoms with Gasteiger partial charge in [0.2, 0.25) is 23.6 Å². The molecule has 1 aliphatic carbocycles. The summed E-state index contributed by atoms with van der Waals surface area (Å²) in [5.41, 5.74) is 0.921. The molecule has 0 bridgehead atoms. The van der Waals surface area contributed by atoms with Gasteiger partial charge in [0.15, 0.2) is 6.10 Å². The van der Waals surface area contributed by atoms with Crippen molar-refractivity contribution in [2.45, 2.75) is 50.7 Å². The Hall–Kier alpha value is -2.74. The lowest BCUT2D eigenvalue weighted by atomic mass is 10.1. The van der Waals surface area contributed by atoms with Crippen LogP contribution in [0.2, 0.25) is 0 Å². The van der Waals surface area contributed by atoms with Gasteiger partial charge >= 0.3 is 0 Å². The molecular formula is C22H28N4O4. The van der Waals surface area contributed by atoms with Gasteiger partial charge in [-0.1, -0.05) is 43.2 Å². The number of carbonyl (C=O) groups excluding carboxylic acids is 2. The second kappa shape index (κ2) is 9.38. The molecule has 1 aromatic heterocycles. The number of piperazine rings is 1. The third-order valence-corrected chi connectivity index (χ3v) is 5.97. The molecular weight excluding hydrogens is 384 g/mol. The minimum Gasteiger partial charge on any atom is -0.422 e. The average Bonchev–Trinajstić information content (AvgIpc) is 3.46. The number of amides is 2. The second-order valence-electron chi connectivity index (χ2n) is 7.90. The summed E-state index contributed by atoms with van der Waals surface area (Å²) >= 11 is 0. The van der Waals surface area contributed by atoms with Gasteiger partial charge in [0.1, 0.15) is 0 Å². The molecule has 1 unspecified atom stereocenters. The summed E-state index contributed by atoms with van der Waals surface area (Å²) in [6.45, 7) is 1.40. The van der Waals surface area contributed by atoms with Gasteiger partial charge in [0, 0.05) is 39.1 Å². The molecule has 1 saturated heterocycles. The van der Waals surface area contributed by atoms with Crippen molar-refractivity contribution >= 4 is 11.8 Å². The number of benzene rings is 1. The Kier molecular flexibility index (Phi) is 6.42. The molecule has 2 aromatic rings. The lowest BCUT2D eigenvalue weighted by molar-refractivity contribution is -0.147. The first-order valence-electron chi connectivity index (χ1n) is 10.6. The van der Waals surface area contributed by atoms with Crippen molar-refractivity contribution in [3.63, 3.8) is 0 Å². The first-order chi connectivity index (χ1) is 14.7. The maximum Gasteiger partial charge on any atom is 0.249 e. The van der Waals surface area contributed by atoms with E-state index in [0.717, 1.165) is 18.4 Å². The van der Waals surface area contributed by atoms with Crippen LogP contribution < -0.4 is 0 Å². The lowest BCUT2D eigenvalue weighted by Crippen LogP contribution is -2.54. The van der Waals surface area contributed by atoms with Crippen LogP contribution in [0.15, 0.2) is 34.7 Å². The Labute approximate surface area is 176 Å². The number of aryl methyl sites for hydroxylation is 1. The van der Waals surface area contributed by atoms with E-state index < -0.39 is 6.10 Å². The molecule has 1 atom stereocenters. The highest BCUT2D eigenvalue weighted by Crippen LogP contribution is 2.26. The van der Waals surface area contributed by atoms with Crippen molar-refractivity contribution < 1.29 is 18.7 Å². The molecule has 2 amide bonds. The molecule has 160 valence electrons. The quantitative estimate of drug-likeness (QED) is 0.694. The van der Waals surface area contributed by atoms with Crippen molar-refractivity contribution in [1.82, 2.24) is 20.0 Å². The lowest BCUT2D eigenvalue weighted by Gasteiger charge is -2.37. The smallest absolute Gasteiger partial charge is 0.249 e. The predicted octanol–water partition coefficient (Wildman–Crippen LogP) is 2.35. The Balaban J connectivity index is 1.30. The number of methoxy groups -OCH3 is 1. The fourth-order valence-electron chi connectivity index (χ4n) is 4.35. The molecule has 30 heavy (non-hydrogen) atoms. The number of ether oxygens (including phenoxy) is 1. The highest BCUT2D eigenvalue weighted by atomic mass is 16.5. The van der Waals surface area contributed by atoms with E-state index in [1.807, 2.05) is 35.2 Å². The van der Waals surface area contributed by atoms with E-state index in [4.69, 9.17) is 9.15 Å². The molecule has 8 nitrogen and oxygen atoms in total. The number of rotatable bonds is 7. The second-order valence-corrected chi connectivity index (χ2v) is 7.90. The normalized spacial score (nSPS) is 18.8. The fraction of sp³-hybridized carbons (Fsp3) is 0.545. The van der Waals surface area contributed by atoms with Gasteiger partial charge in [0.25, 0.3) is 0 Å². The van der Waals surface area contributed by atoms with Gasteiger partial charge in [-0.15, -0.1) is 10.2 Å². The van der Waals surface area contributed by atoms with Crippen LogP contribution in [-0.4, -0.2) is 64.6 Å². The fourth-order valence-corrected chi connectivity index (χ4v) is 4.35. The summed E-state index contributed by atoms with van der Waals surface area (Å²) in [7, 11) is 1.59. The summed E-state index contributed by atoms with van der Waals surface area (Å²) in [4.78, 5) is 28.7. The van der Waals surface area contributed by atoms with Crippen LogP contribution >= 0.6 is 0 Å². The van der Waals surface area contributed by atoms with Crippen molar-refractivity contribution in [2.75, 3.05) is 26.7 Å². The standard InChI is InChI=1S/C22H28N4O4/c1-29-21(16-7-3-2-4-8-16)22-24-23-18(30-22)11-12-19(27)25-13-14-26(20(28)15-25)17-9-5-6-10-17/h2-4,7-8,17,21H,5-6,9-15H2,1H3. The first-order valence-corrected chi connectivity index (χ1v) is 10.6. The summed E-state index contributed by atoms with van der Waals surface area (Å²) < 4.78 is 11.2.